The summed E-state index contributed by atoms with van der Waals surface area (Å²) in [6, 6.07) is 7.03. The van der Waals surface area contributed by atoms with Gasteiger partial charge in [-0.15, -0.1) is 0 Å². The van der Waals surface area contributed by atoms with E-state index < -0.39 is 0 Å². The first-order chi connectivity index (χ1) is 10.1. The lowest BCUT2D eigenvalue weighted by Crippen LogP contribution is -2.16. The Morgan fingerprint density at radius 1 is 1.29 bits per heavy atom. The van der Waals surface area contributed by atoms with Crippen LogP contribution in [0.1, 0.15) is 41.0 Å². The number of hydrogen-bond acceptors (Lipinski definition) is 4. The van der Waals surface area contributed by atoms with Crippen LogP contribution in [0.2, 0.25) is 0 Å². The number of aryl methyl sites for hydroxylation is 3. The Kier molecular flexibility index (Phi) is 3.97. The number of aromatic nitrogens is 1. The Bertz CT molecular complexity index is 610. The number of ether oxygens (including phenoxy) is 1. The summed E-state index contributed by atoms with van der Waals surface area (Å²) in [7, 11) is 0. The molecule has 2 aromatic rings. The molecule has 3 rings (SSSR count). The second kappa shape index (κ2) is 5.90. The van der Waals surface area contributed by atoms with E-state index >= 15 is 0 Å². The van der Waals surface area contributed by atoms with Crippen LogP contribution in [0.3, 0.4) is 0 Å². The molecule has 1 aromatic carbocycles. The number of hydrogen-bond donors (Lipinski definition) is 1. The summed E-state index contributed by atoms with van der Waals surface area (Å²) in [5.41, 5.74) is 4.41. The maximum atomic E-state index is 6.01. The Morgan fingerprint density at radius 3 is 2.76 bits per heavy atom. The molecule has 4 heteroatoms. The Balaban J connectivity index is 1.71. The maximum absolute atomic E-state index is 6.01. The minimum atomic E-state index is 0.501. The molecular formula is C17H22N2O2. The summed E-state index contributed by atoms with van der Waals surface area (Å²) >= 11 is 0. The van der Waals surface area contributed by atoms with Gasteiger partial charge in [0.15, 0.2) is 0 Å². The van der Waals surface area contributed by atoms with Gasteiger partial charge in [-0.25, -0.2) is 0 Å². The van der Waals surface area contributed by atoms with Crippen molar-refractivity contribution in [3.63, 3.8) is 0 Å². The molecule has 112 valence electrons. The Labute approximate surface area is 125 Å². The van der Waals surface area contributed by atoms with E-state index in [-0.39, 0.29) is 0 Å². The van der Waals surface area contributed by atoms with Gasteiger partial charge in [-0.05, 0) is 39.7 Å². The SMILES string of the molecule is Cc1ccc(OCc2c(C)noc2C)c(CNC2CC2)c1. The van der Waals surface area contributed by atoms with Crippen LogP contribution in [0.15, 0.2) is 22.7 Å². The van der Waals surface area contributed by atoms with Crippen LogP contribution in [0.4, 0.5) is 0 Å². The molecule has 1 saturated carbocycles. The Hall–Kier alpha value is -1.81. The smallest absolute Gasteiger partial charge is 0.140 e. The van der Waals surface area contributed by atoms with Crippen molar-refractivity contribution in [2.45, 2.75) is 52.8 Å². The molecule has 0 saturated heterocycles. The van der Waals surface area contributed by atoms with Crippen molar-refractivity contribution in [1.82, 2.24) is 10.5 Å². The second-order valence-electron chi connectivity index (χ2n) is 5.86. The zero-order chi connectivity index (χ0) is 14.8. The van der Waals surface area contributed by atoms with E-state index in [4.69, 9.17) is 9.26 Å². The average molecular weight is 286 g/mol. The fraction of sp³-hybridized carbons (Fsp3) is 0.471. The molecule has 0 atom stereocenters. The van der Waals surface area contributed by atoms with E-state index in [0.29, 0.717) is 12.6 Å². The fourth-order valence-corrected chi connectivity index (χ4v) is 2.39. The maximum Gasteiger partial charge on any atom is 0.140 e. The van der Waals surface area contributed by atoms with Gasteiger partial charge in [0.25, 0.3) is 0 Å². The van der Waals surface area contributed by atoms with Crippen LogP contribution in [0.5, 0.6) is 5.75 Å². The van der Waals surface area contributed by atoms with Gasteiger partial charge in [-0.2, -0.15) is 0 Å². The van der Waals surface area contributed by atoms with Crippen molar-refractivity contribution in [3.8, 4) is 5.75 Å². The molecule has 0 spiro atoms. The van der Waals surface area contributed by atoms with Crippen LogP contribution in [0.25, 0.3) is 0 Å². The van der Waals surface area contributed by atoms with Crippen molar-refractivity contribution in [3.05, 3.63) is 46.3 Å². The molecule has 1 aliphatic carbocycles. The van der Waals surface area contributed by atoms with Crippen LogP contribution < -0.4 is 10.1 Å². The highest BCUT2D eigenvalue weighted by Crippen LogP contribution is 2.25. The summed E-state index contributed by atoms with van der Waals surface area (Å²) in [6.07, 6.45) is 2.59. The van der Waals surface area contributed by atoms with Gasteiger partial charge in [0.2, 0.25) is 0 Å². The second-order valence-corrected chi connectivity index (χ2v) is 5.86. The average Bonchev–Trinajstić information content (AvgIpc) is 3.23. The molecule has 1 N–H and O–H groups in total. The largest absolute Gasteiger partial charge is 0.488 e. The molecular weight excluding hydrogens is 264 g/mol. The highest BCUT2D eigenvalue weighted by molar-refractivity contribution is 5.37. The van der Waals surface area contributed by atoms with Crippen molar-refractivity contribution < 1.29 is 9.26 Å². The molecule has 0 radical (unpaired) electrons. The number of nitrogens with one attached hydrogen (secondary N) is 1. The minimum Gasteiger partial charge on any atom is -0.488 e. The van der Waals surface area contributed by atoms with E-state index in [1.165, 1.54) is 24.0 Å². The molecule has 0 amide bonds. The van der Waals surface area contributed by atoms with Crippen molar-refractivity contribution >= 4 is 0 Å². The topological polar surface area (TPSA) is 47.3 Å². The molecule has 1 heterocycles. The molecule has 1 aromatic heterocycles. The summed E-state index contributed by atoms with van der Waals surface area (Å²) in [5, 5.41) is 7.51. The molecule has 1 aliphatic rings. The standard InChI is InChI=1S/C17H22N2O2/c1-11-4-7-17(14(8-11)9-18-15-5-6-15)20-10-16-12(2)19-21-13(16)3/h4,7-8,15,18H,5-6,9-10H2,1-3H3. The summed E-state index contributed by atoms with van der Waals surface area (Å²) in [4.78, 5) is 0. The number of benzene rings is 1. The first-order valence-electron chi connectivity index (χ1n) is 7.51. The minimum absolute atomic E-state index is 0.501. The number of nitrogens with zero attached hydrogens (tertiary/aromatic N) is 1. The fourth-order valence-electron chi connectivity index (χ4n) is 2.39. The molecule has 1 fully saturated rings. The van der Waals surface area contributed by atoms with Gasteiger partial charge >= 0.3 is 0 Å². The molecule has 0 aliphatic heterocycles. The van der Waals surface area contributed by atoms with Crippen molar-refractivity contribution in [2.75, 3.05) is 0 Å². The third-order valence-corrected chi connectivity index (χ3v) is 3.93. The predicted molar refractivity (Wildman–Crippen MR) is 81.3 cm³/mol. The highest BCUT2D eigenvalue weighted by Gasteiger charge is 2.20. The molecule has 21 heavy (non-hydrogen) atoms. The predicted octanol–water partition coefficient (Wildman–Crippen LogP) is 3.43. The third kappa shape index (κ3) is 3.45. The third-order valence-electron chi connectivity index (χ3n) is 3.93. The summed E-state index contributed by atoms with van der Waals surface area (Å²) < 4.78 is 11.2. The van der Waals surface area contributed by atoms with Gasteiger partial charge in [-0.3, -0.25) is 0 Å². The van der Waals surface area contributed by atoms with Crippen LogP contribution in [-0.2, 0) is 13.2 Å². The van der Waals surface area contributed by atoms with E-state index in [2.05, 4.69) is 35.6 Å². The zero-order valence-electron chi connectivity index (χ0n) is 12.9. The van der Waals surface area contributed by atoms with Crippen LogP contribution in [-0.4, -0.2) is 11.2 Å². The lowest BCUT2D eigenvalue weighted by atomic mass is 10.1. The van der Waals surface area contributed by atoms with Gasteiger partial charge in [0.05, 0.1) is 11.3 Å². The van der Waals surface area contributed by atoms with Crippen LogP contribution >= 0.6 is 0 Å². The van der Waals surface area contributed by atoms with E-state index in [9.17, 15) is 0 Å². The quantitative estimate of drug-likeness (QED) is 0.883. The van der Waals surface area contributed by atoms with Gasteiger partial charge in [0, 0.05) is 18.2 Å². The normalized spacial score (nSPS) is 14.4. The lowest BCUT2D eigenvalue weighted by Gasteiger charge is -2.13. The molecule has 0 unspecified atom stereocenters. The van der Waals surface area contributed by atoms with E-state index in [0.717, 1.165) is 29.3 Å². The monoisotopic (exact) mass is 286 g/mol. The zero-order valence-corrected chi connectivity index (χ0v) is 12.9. The summed E-state index contributed by atoms with van der Waals surface area (Å²) in [5.74, 6) is 1.77. The summed E-state index contributed by atoms with van der Waals surface area (Å²) in [6.45, 7) is 7.34. The van der Waals surface area contributed by atoms with Crippen molar-refractivity contribution in [1.29, 1.82) is 0 Å². The first-order valence-corrected chi connectivity index (χ1v) is 7.51. The van der Waals surface area contributed by atoms with Crippen LogP contribution in [0, 0.1) is 20.8 Å². The first kappa shape index (κ1) is 14.1. The Morgan fingerprint density at radius 2 is 2.10 bits per heavy atom. The van der Waals surface area contributed by atoms with Crippen molar-refractivity contribution in [2.24, 2.45) is 0 Å². The molecule has 0 bridgehead atoms. The van der Waals surface area contributed by atoms with E-state index in [1.807, 2.05) is 13.8 Å². The van der Waals surface area contributed by atoms with Gasteiger partial charge in [0.1, 0.15) is 18.1 Å². The van der Waals surface area contributed by atoms with Gasteiger partial charge < -0.3 is 14.6 Å². The molecule has 4 nitrogen and oxygen atoms in total. The lowest BCUT2D eigenvalue weighted by molar-refractivity contribution is 0.297. The number of rotatable bonds is 6. The van der Waals surface area contributed by atoms with E-state index in [1.54, 1.807) is 0 Å². The van der Waals surface area contributed by atoms with Gasteiger partial charge in [-0.1, -0.05) is 22.9 Å². The highest BCUT2D eigenvalue weighted by atomic mass is 16.5.